The maximum absolute atomic E-state index is 12.0. The van der Waals surface area contributed by atoms with Crippen LogP contribution in [0.15, 0.2) is 30.3 Å². The molecule has 0 heterocycles. The Labute approximate surface area is 110 Å². The Morgan fingerprint density at radius 2 is 1.83 bits per heavy atom. The van der Waals surface area contributed by atoms with Crippen molar-refractivity contribution in [2.75, 3.05) is 6.54 Å². The van der Waals surface area contributed by atoms with Gasteiger partial charge < -0.3 is 11.1 Å². The minimum absolute atomic E-state index is 0.0151. The Bertz CT molecular complexity index is 381. The number of hydrogen-bond donors (Lipinski definition) is 2. The first-order chi connectivity index (χ1) is 8.31. The van der Waals surface area contributed by atoms with Crippen molar-refractivity contribution < 1.29 is 4.79 Å². The molecule has 3 N–H and O–H groups in total. The van der Waals surface area contributed by atoms with E-state index in [9.17, 15) is 4.79 Å². The zero-order valence-electron chi connectivity index (χ0n) is 11.7. The Hall–Kier alpha value is -1.35. The van der Waals surface area contributed by atoms with E-state index in [-0.39, 0.29) is 23.3 Å². The van der Waals surface area contributed by atoms with Crippen LogP contribution in [0.1, 0.15) is 39.3 Å². The molecule has 1 aromatic rings. The molecule has 0 bridgehead atoms. The van der Waals surface area contributed by atoms with Gasteiger partial charge in [0.25, 0.3) is 0 Å². The van der Waals surface area contributed by atoms with Crippen LogP contribution in [0, 0.1) is 11.3 Å². The van der Waals surface area contributed by atoms with Crippen LogP contribution in [0.2, 0.25) is 0 Å². The minimum atomic E-state index is -0.258. The number of benzene rings is 1. The van der Waals surface area contributed by atoms with Crippen molar-refractivity contribution in [3.63, 3.8) is 0 Å². The van der Waals surface area contributed by atoms with Gasteiger partial charge in [-0.3, -0.25) is 4.79 Å². The van der Waals surface area contributed by atoms with Crippen LogP contribution in [0.25, 0.3) is 0 Å². The van der Waals surface area contributed by atoms with Crippen molar-refractivity contribution in [2.24, 2.45) is 17.1 Å². The molecule has 3 heteroatoms. The topological polar surface area (TPSA) is 55.1 Å². The Balaban J connectivity index is 2.59. The van der Waals surface area contributed by atoms with Crippen LogP contribution in [0.3, 0.4) is 0 Å². The van der Waals surface area contributed by atoms with Gasteiger partial charge in [-0.05, 0) is 11.0 Å². The molecule has 0 aromatic heterocycles. The van der Waals surface area contributed by atoms with Gasteiger partial charge in [0.15, 0.2) is 0 Å². The molecule has 2 atom stereocenters. The second-order valence-corrected chi connectivity index (χ2v) is 6.00. The highest BCUT2D eigenvalue weighted by Crippen LogP contribution is 2.19. The summed E-state index contributed by atoms with van der Waals surface area (Å²) in [4.78, 5) is 12.0. The maximum Gasteiger partial charge on any atom is 0.224 e. The van der Waals surface area contributed by atoms with E-state index in [0.717, 1.165) is 5.56 Å². The summed E-state index contributed by atoms with van der Waals surface area (Å²) in [7, 11) is 0. The summed E-state index contributed by atoms with van der Waals surface area (Å²) in [5, 5.41) is 2.95. The van der Waals surface area contributed by atoms with E-state index in [2.05, 4.69) is 26.1 Å². The van der Waals surface area contributed by atoms with Gasteiger partial charge in [-0.15, -0.1) is 0 Å². The predicted molar refractivity (Wildman–Crippen MR) is 75.0 cm³/mol. The third-order valence-electron chi connectivity index (χ3n) is 2.93. The molecule has 3 nitrogen and oxygen atoms in total. The van der Waals surface area contributed by atoms with Crippen molar-refractivity contribution in [1.82, 2.24) is 5.32 Å². The smallest absolute Gasteiger partial charge is 0.224 e. The molecule has 0 saturated carbocycles. The maximum atomic E-state index is 12.0. The Kier molecular flexibility index (Phi) is 4.91. The van der Waals surface area contributed by atoms with Crippen LogP contribution in [0.5, 0.6) is 0 Å². The highest BCUT2D eigenvalue weighted by atomic mass is 16.1. The highest BCUT2D eigenvalue weighted by Gasteiger charge is 2.23. The summed E-state index contributed by atoms with van der Waals surface area (Å²) in [6, 6.07) is 9.48. The molecular formula is C15H24N2O. The number of carbonyl (C=O) groups is 1. The minimum Gasteiger partial charge on any atom is -0.355 e. The third-order valence-corrected chi connectivity index (χ3v) is 2.93. The largest absolute Gasteiger partial charge is 0.355 e. The molecule has 0 aliphatic carbocycles. The van der Waals surface area contributed by atoms with Crippen molar-refractivity contribution in [3.05, 3.63) is 35.9 Å². The lowest BCUT2D eigenvalue weighted by Crippen LogP contribution is -2.39. The van der Waals surface area contributed by atoms with E-state index in [1.807, 2.05) is 37.3 Å². The lowest BCUT2D eigenvalue weighted by Gasteiger charge is -2.23. The second kappa shape index (κ2) is 6.01. The number of nitrogens with one attached hydrogen (secondary N) is 1. The standard InChI is InChI=1S/C15H24N2O/c1-11(14(18)17-10-15(2,3)4)13(16)12-8-6-5-7-9-12/h5-9,11,13H,10,16H2,1-4H3,(H,17,18). The lowest BCUT2D eigenvalue weighted by molar-refractivity contribution is -0.125. The monoisotopic (exact) mass is 248 g/mol. The molecule has 0 aliphatic heterocycles. The van der Waals surface area contributed by atoms with Crippen molar-refractivity contribution in [3.8, 4) is 0 Å². The van der Waals surface area contributed by atoms with Gasteiger partial charge in [0.1, 0.15) is 0 Å². The SMILES string of the molecule is CC(C(=O)NCC(C)(C)C)C(N)c1ccccc1. The third kappa shape index (κ3) is 4.49. The highest BCUT2D eigenvalue weighted by molar-refractivity contribution is 5.79. The van der Waals surface area contributed by atoms with Crippen molar-refractivity contribution in [2.45, 2.75) is 33.7 Å². The molecule has 18 heavy (non-hydrogen) atoms. The van der Waals surface area contributed by atoms with Crippen LogP contribution in [-0.4, -0.2) is 12.5 Å². The Morgan fingerprint density at radius 1 is 1.28 bits per heavy atom. The molecule has 0 spiro atoms. The predicted octanol–water partition coefficient (Wildman–Crippen LogP) is 2.48. The zero-order valence-corrected chi connectivity index (χ0v) is 11.7. The summed E-state index contributed by atoms with van der Waals surface area (Å²) in [5.41, 5.74) is 7.20. The molecule has 0 fully saturated rings. The van der Waals surface area contributed by atoms with E-state index >= 15 is 0 Å². The zero-order chi connectivity index (χ0) is 13.8. The molecule has 2 unspecified atom stereocenters. The van der Waals surface area contributed by atoms with Crippen LogP contribution < -0.4 is 11.1 Å². The molecule has 100 valence electrons. The average molecular weight is 248 g/mol. The molecule has 0 saturated heterocycles. The van der Waals surface area contributed by atoms with Gasteiger partial charge in [0.2, 0.25) is 5.91 Å². The quantitative estimate of drug-likeness (QED) is 0.860. The fourth-order valence-electron chi connectivity index (χ4n) is 1.64. The number of nitrogens with two attached hydrogens (primary N) is 1. The summed E-state index contributed by atoms with van der Waals surface area (Å²) >= 11 is 0. The summed E-state index contributed by atoms with van der Waals surface area (Å²) in [5.74, 6) is -0.212. The van der Waals surface area contributed by atoms with Crippen LogP contribution in [0.4, 0.5) is 0 Å². The molecule has 1 amide bonds. The number of amides is 1. The van der Waals surface area contributed by atoms with Gasteiger partial charge >= 0.3 is 0 Å². The van der Waals surface area contributed by atoms with Crippen LogP contribution in [-0.2, 0) is 4.79 Å². The Morgan fingerprint density at radius 3 is 2.33 bits per heavy atom. The second-order valence-electron chi connectivity index (χ2n) is 6.00. The summed E-state index contributed by atoms with van der Waals surface area (Å²) in [6.07, 6.45) is 0. The first-order valence-electron chi connectivity index (χ1n) is 6.39. The van der Waals surface area contributed by atoms with Crippen molar-refractivity contribution in [1.29, 1.82) is 0 Å². The summed E-state index contributed by atoms with van der Waals surface area (Å²) in [6.45, 7) is 8.81. The molecule has 1 rings (SSSR count). The normalized spacial score (nSPS) is 14.9. The first kappa shape index (κ1) is 14.7. The fourth-order valence-corrected chi connectivity index (χ4v) is 1.64. The fraction of sp³-hybridized carbons (Fsp3) is 0.533. The molecule has 0 radical (unpaired) electrons. The van der Waals surface area contributed by atoms with Crippen LogP contribution >= 0.6 is 0 Å². The summed E-state index contributed by atoms with van der Waals surface area (Å²) < 4.78 is 0. The van der Waals surface area contributed by atoms with Gasteiger partial charge in [-0.1, -0.05) is 58.0 Å². The van der Waals surface area contributed by atoms with Gasteiger partial charge in [-0.2, -0.15) is 0 Å². The number of rotatable bonds is 4. The van der Waals surface area contributed by atoms with E-state index in [1.165, 1.54) is 0 Å². The van der Waals surface area contributed by atoms with E-state index in [1.54, 1.807) is 0 Å². The van der Waals surface area contributed by atoms with E-state index in [4.69, 9.17) is 5.73 Å². The van der Waals surface area contributed by atoms with Crippen molar-refractivity contribution >= 4 is 5.91 Å². The van der Waals surface area contributed by atoms with E-state index in [0.29, 0.717) is 6.54 Å². The lowest BCUT2D eigenvalue weighted by atomic mass is 9.93. The number of carbonyl (C=O) groups excluding carboxylic acids is 1. The molecule has 1 aromatic carbocycles. The van der Waals surface area contributed by atoms with E-state index < -0.39 is 0 Å². The van der Waals surface area contributed by atoms with Gasteiger partial charge in [-0.25, -0.2) is 0 Å². The number of hydrogen-bond acceptors (Lipinski definition) is 2. The molecule has 0 aliphatic rings. The van der Waals surface area contributed by atoms with Gasteiger partial charge in [0, 0.05) is 12.6 Å². The van der Waals surface area contributed by atoms with Gasteiger partial charge in [0.05, 0.1) is 5.92 Å². The average Bonchev–Trinajstić information content (AvgIpc) is 2.34. The first-order valence-corrected chi connectivity index (χ1v) is 6.39. The molecular weight excluding hydrogens is 224 g/mol.